The summed E-state index contributed by atoms with van der Waals surface area (Å²) in [6, 6.07) is 0. The van der Waals surface area contributed by atoms with E-state index in [0.717, 1.165) is 44.0 Å². The van der Waals surface area contributed by atoms with Crippen molar-refractivity contribution in [2.75, 3.05) is 24.6 Å². The van der Waals surface area contributed by atoms with Gasteiger partial charge in [-0.05, 0) is 26.7 Å². The number of hydrogen-bond donors (Lipinski definition) is 2. The Kier molecular flexibility index (Phi) is 4.49. The second kappa shape index (κ2) is 6.13. The van der Waals surface area contributed by atoms with Crippen molar-refractivity contribution in [1.82, 2.24) is 9.78 Å². The number of piperidine rings is 1. The van der Waals surface area contributed by atoms with Crippen LogP contribution in [0.4, 0.5) is 5.82 Å². The van der Waals surface area contributed by atoms with Crippen molar-refractivity contribution in [1.29, 1.82) is 0 Å². The van der Waals surface area contributed by atoms with Gasteiger partial charge in [0, 0.05) is 26.7 Å². The zero-order valence-electron chi connectivity index (χ0n) is 12.3. The van der Waals surface area contributed by atoms with Gasteiger partial charge in [0.15, 0.2) is 5.84 Å². The van der Waals surface area contributed by atoms with Gasteiger partial charge in [0.25, 0.3) is 0 Å². The first-order valence-electron chi connectivity index (χ1n) is 6.96. The topological polar surface area (TPSA) is 88.9 Å². The summed E-state index contributed by atoms with van der Waals surface area (Å²) in [5, 5.41) is 16.5. The van der Waals surface area contributed by atoms with E-state index in [9.17, 15) is 0 Å². The first kappa shape index (κ1) is 14.6. The van der Waals surface area contributed by atoms with Gasteiger partial charge in [0.1, 0.15) is 5.82 Å². The number of anilines is 1. The smallest absolute Gasteiger partial charge is 0.175 e. The van der Waals surface area contributed by atoms with Gasteiger partial charge in [-0.3, -0.25) is 4.68 Å². The normalized spacial score (nSPS) is 20.4. The highest BCUT2D eigenvalue weighted by Crippen LogP contribution is 2.26. The highest BCUT2D eigenvalue weighted by atomic mass is 16.5. The number of nitrogens with zero attached hydrogens (tertiary/aromatic N) is 4. The molecule has 0 bridgehead atoms. The van der Waals surface area contributed by atoms with Gasteiger partial charge in [-0.25, -0.2) is 0 Å². The van der Waals surface area contributed by atoms with E-state index >= 15 is 0 Å². The van der Waals surface area contributed by atoms with Crippen LogP contribution in [-0.2, 0) is 11.8 Å². The van der Waals surface area contributed by atoms with Crippen molar-refractivity contribution in [3.63, 3.8) is 0 Å². The number of ether oxygens (including phenoxy) is 1. The van der Waals surface area contributed by atoms with Gasteiger partial charge in [-0.1, -0.05) is 5.16 Å². The molecule has 20 heavy (non-hydrogen) atoms. The molecule has 3 N–H and O–H groups in total. The van der Waals surface area contributed by atoms with Crippen molar-refractivity contribution >= 4 is 11.7 Å². The molecule has 1 aromatic rings. The largest absolute Gasteiger partial charge is 0.409 e. The van der Waals surface area contributed by atoms with E-state index < -0.39 is 0 Å². The van der Waals surface area contributed by atoms with Gasteiger partial charge in [0.05, 0.1) is 17.4 Å². The summed E-state index contributed by atoms with van der Waals surface area (Å²) in [6.07, 6.45) is 2.36. The van der Waals surface area contributed by atoms with E-state index in [0.29, 0.717) is 5.56 Å². The summed E-state index contributed by atoms with van der Waals surface area (Å²) in [5.74, 6) is 0.992. The summed E-state index contributed by atoms with van der Waals surface area (Å²) in [4.78, 5) is 2.21. The van der Waals surface area contributed by atoms with Crippen molar-refractivity contribution in [3.05, 3.63) is 11.3 Å². The number of oxime groups is 1. The second-order valence-electron chi connectivity index (χ2n) is 5.06. The molecule has 7 nitrogen and oxygen atoms in total. The maximum Gasteiger partial charge on any atom is 0.175 e. The molecule has 1 saturated heterocycles. The predicted octanol–water partition coefficient (Wildman–Crippen LogP) is 0.828. The summed E-state index contributed by atoms with van der Waals surface area (Å²) < 4.78 is 7.51. The van der Waals surface area contributed by atoms with E-state index in [2.05, 4.69) is 15.2 Å². The molecule has 112 valence electrons. The fourth-order valence-electron chi connectivity index (χ4n) is 2.86. The monoisotopic (exact) mass is 281 g/mol. The molecule has 0 aromatic carbocycles. The lowest BCUT2D eigenvalue weighted by atomic mass is 10.1. The number of aromatic nitrogens is 2. The lowest BCUT2D eigenvalue weighted by molar-refractivity contribution is 0.0524. The van der Waals surface area contributed by atoms with Gasteiger partial charge in [0.2, 0.25) is 0 Å². The van der Waals surface area contributed by atoms with Crippen LogP contribution in [0.2, 0.25) is 0 Å². The third kappa shape index (κ3) is 2.72. The molecule has 0 spiro atoms. The quantitative estimate of drug-likeness (QED) is 0.369. The van der Waals surface area contributed by atoms with E-state index in [1.165, 1.54) is 0 Å². The van der Waals surface area contributed by atoms with Crippen LogP contribution < -0.4 is 10.6 Å². The zero-order chi connectivity index (χ0) is 14.7. The van der Waals surface area contributed by atoms with Gasteiger partial charge in [-0.2, -0.15) is 5.10 Å². The summed E-state index contributed by atoms with van der Waals surface area (Å²) >= 11 is 0. The molecule has 1 atom stereocenters. The fraction of sp³-hybridized carbons (Fsp3) is 0.692. The Labute approximate surface area is 119 Å². The average molecular weight is 281 g/mol. The standard InChI is InChI=1S/C13H23N5O2/c1-4-20-10-6-5-7-18(8-10)13-11(12(14)16-19)9(2)15-17(13)3/h10,19H,4-8H2,1-3H3,(H2,14,16). The van der Waals surface area contributed by atoms with E-state index in [4.69, 9.17) is 15.7 Å². The van der Waals surface area contributed by atoms with Crippen molar-refractivity contribution < 1.29 is 9.94 Å². The molecule has 0 aliphatic carbocycles. The molecule has 2 heterocycles. The summed E-state index contributed by atoms with van der Waals surface area (Å²) in [5.41, 5.74) is 7.26. The number of hydrogen-bond acceptors (Lipinski definition) is 5. The molecule has 7 heteroatoms. The molecular formula is C13H23N5O2. The number of amidine groups is 1. The van der Waals surface area contributed by atoms with Crippen LogP contribution in [0.1, 0.15) is 31.0 Å². The van der Waals surface area contributed by atoms with Crippen molar-refractivity contribution in [2.24, 2.45) is 17.9 Å². The molecule has 1 unspecified atom stereocenters. The predicted molar refractivity (Wildman–Crippen MR) is 77.3 cm³/mol. The Morgan fingerprint density at radius 1 is 1.60 bits per heavy atom. The van der Waals surface area contributed by atoms with Crippen molar-refractivity contribution in [3.8, 4) is 0 Å². The van der Waals surface area contributed by atoms with Crippen LogP contribution in [0.5, 0.6) is 0 Å². The Hall–Kier alpha value is -1.76. The maximum atomic E-state index is 8.96. The Balaban J connectivity index is 2.32. The highest BCUT2D eigenvalue weighted by Gasteiger charge is 2.27. The lowest BCUT2D eigenvalue weighted by Gasteiger charge is -2.34. The molecular weight excluding hydrogens is 258 g/mol. The second-order valence-corrected chi connectivity index (χ2v) is 5.06. The first-order chi connectivity index (χ1) is 9.58. The Morgan fingerprint density at radius 3 is 3.00 bits per heavy atom. The van der Waals surface area contributed by atoms with Crippen LogP contribution >= 0.6 is 0 Å². The van der Waals surface area contributed by atoms with E-state index in [-0.39, 0.29) is 11.9 Å². The lowest BCUT2D eigenvalue weighted by Crippen LogP contribution is -2.41. The summed E-state index contributed by atoms with van der Waals surface area (Å²) in [6.45, 7) is 6.32. The van der Waals surface area contributed by atoms with E-state index in [1.54, 1.807) is 4.68 Å². The molecule has 1 aliphatic rings. The molecule has 0 saturated carbocycles. The Bertz CT molecular complexity index is 495. The van der Waals surface area contributed by atoms with Crippen LogP contribution in [0, 0.1) is 6.92 Å². The number of rotatable bonds is 4. The minimum Gasteiger partial charge on any atom is -0.409 e. The van der Waals surface area contributed by atoms with Crippen LogP contribution in [0.15, 0.2) is 5.16 Å². The first-order valence-corrected chi connectivity index (χ1v) is 6.96. The number of nitrogens with two attached hydrogens (primary N) is 1. The molecule has 0 radical (unpaired) electrons. The van der Waals surface area contributed by atoms with Crippen LogP contribution in [0.25, 0.3) is 0 Å². The molecule has 2 rings (SSSR count). The van der Waals surface area contributed by atoms with Gasteiger partial charge in [-0.15, -0.1) is 0 Å². The molecule has 0 amide bonds. The van der Waals surface area contributed by atoms with Gasteiger partial charge < -0.3 is 20.6 Å². The molecule has 1 fully saturated rings. The molecule has 1 aromatic heterocycles. The minimum absolute atomic E-state index is 0.101. The highest BCUT2D eigenvalue weighted by molar-refractivity contribution is 6.02. The van der Waals surface area contributed by atoms with E-state index in [1.807, 2.05) is 20.9 Å². The number of aryl methyl sites for hydroxylation is 2. The summed E-state index contributed by atoms with van der Waals surface area (Å²) in [7, 11) is 1.88. The Morgan fingerprint density at radius 2 is 2.35 bits per heavy atom. The van der Waals surface area contributed by atoms with Crippen LogP contribution in [0.3, 0.4) is 0 Å². The third-order valence-corrected chi connectivity index (χ3v) is 3.64. The average Bonchev–Trinajstić information content (AvgIpc) is 2.73. The fourth-order valence-corrected chi connectivity index (χ4v) is 2.86. The molecule has 1 aliphatic heterocycles. The van der Waals surface area contributed by atoms with Crippen molar-refractivity contribution in [2.45, 2.75) is 32.8 Å². The van der Waals surface area contributed by atoms with Gasteiger partial charge >= 0.3 is 0 Å². The minimum atomic E-state index is 0.101. The third-order valence-electron chi connectivity index (χ3n) is 3.64. The van der Waals surface area contributed by atoms with Crippen LogP contribution in [-0.4, -0.2) is 46.6 Å². The SMILES string of the molecule is CCOC1CCCN(c2c(C(N)=NO)c(C)nn2C)C1. The zero-order valence-corrected chi connectivity index (χ0v) is 12.3. The maximum absolute atomic E-state index is 8.96.